The number of ether oxygens (including phenoxy) is 1. The van der Waals surface area contributed by atoms with Gasteiger partial charge in [-0.15, -0.1) is 0 Å². The van der Waals surface area contributed by atoms with Crippen LogP contribution in [0.5, 0.6) is 5.75 Å². The molecule has 0 saturated heterocycles. The Labute approximate surface area is 135 Å². The van der Waals surface area contributed by atoms with Crippen LogP contribution in [0.25, 0.3) is 6.08 Å². The standard InChI is InChI=1S/C16H26O4Si2/c1-18-16(17)15(20-22(5,6)7)12-13-8-10-14(11-9-13)19-21(2,3)4/h8-12H,1-7H3/b15-12+. The van der Waals surface area contributed by atoms with Gasteiger partial charge in [-0.05, 0) is 63.1 Å². The van der Waals surface area contributed by atoms with Crippen molar-refractivity contribution in [3.8, 4) is 5.75 Å². The lowest BCUT2D eigenvalue weighted by atomic mass is 10.2. The van der Waals surface area contributed by atoms with Crippen LogP contribution in [0, 0.1) is 0 Å². The van der Waals surface area contributed by atoms with Crippen LogP contribution in [0.4, 0.5) is 0 Å². The number of hydrogen-bond donors (Lipinski definition) is 0. The minimum atomic E-state index is -1.88. The van der Waals surface area contributed by atoms with Crippen molar-refractivity contribution in [3.05, 3.63) is 35.6 Å². The first-order valence-electron chi connectivity index (χ1n) is 7.28. The van der Waals surface area contributed by atoms with Gasteiger partial charge in [0.1, 0.15) is 5.75 Å². The van der Waals surface area contributed by atoms with E-state index in [0.29, 0.717) is 0 Å². The lowest BCUT2D eigenvalue weighted by Gasteiger charge is -2.20. The van der Waals surface area contributed by atoms with E-state index in [0.717, 1.165) is 11.3 Å². The van der Waals surface area contributed by atoms with Crippen molar-refractivity contribution in [1.29, 1.82) is 0 Å². The number of carbonyl (C=O) groups excluding carboxylic acids is 1. The third-order valence-corrected chi connectivity index (χ3v) is 4.08. The summed E-state index contributed by atoms with van der Waals surface area (Å²) in [4.78, 5) is 11.8. The molecule has 0 aromatic heterocycles. The maximum absolute atomic E-state index is 11.8. The molecule has 0 fully saturated rings. The lowest BCUT2D eigenvalue weighted by Crippen LogP contribution is -2.29. The number of rotatable bonds is 6. The number of carbonyl (C=O) groups is 1. The molecule has 0 saturated carbocycles. The second-order valence-electron chi connectivity index (χ2n) is 7.00. The Kier molecular flexibility index (Phi) is 6.02. The van der Waals surface area contributed by atoms with Crippen molar-refractivity contribution >= 4 is 28.7 Å². The van der Waals surface area contributed by atoms with Crippen LogP contribution in [-0.4, -0.2) is 29.7 Å². The van der Waals surface area contributed by atoms with E-state index in [9.17, 15) is 4.79 Å². The van der Waals surface area contributed by atoms with Gasteiger partial charge in [0.2, 0.25) is 16.6 Å². The topological polar surface area (TPSA) is 44.8 Å². The van der Waals surface area contributed by atoms with Crippen LogP contribution in [0.2, 0.25) is 39.3 Å². The van der Waals surface area contributed by atoms with E-state index in [4.69, 9.17) is 13.6 Å². The van der Waals surface area contributed by atoms with Gasteiger partial charge in [-0.2, -0.15) is 0 Å². The quantitative estimate of drug-likeness (QED) is 0.336. The highest BCUT2D eigenvalue weighted by Gasteiger charge is 2.22. The molecular formula is C16H26O4Si2. The van der Waals surface area contributed by atoms with Gasteiger partial charge in [0.05, 0.1) is 7.11 Å². The molecule has 0 spiro atoms. The SMILES string of the molecule is COC(=O)/C(=C\c1ccc(O[Si](C)(C)C)cc1)O[Si](C)(C)C. The van der Waals surface area contributed by atoms with Gasteiger partial charge in [-0.1, -0.05) is 12.1 Å². The molecule has 1 aromatic carbocycles. The minimum Gasteiger partial charge on any atom is -0.544 e. The van der Waals surface area contributed by atoms with E-state index >= 15 is 0 Å². The summed E-state index contributed by atoms with van der Waals surface area (Å²) < 4.78 is 16.5. The smallest absolute Gasteiger partial charge is 0.371 e. The molecule has 1 aromatic rings. The Bertz CT molecular complexity index is 537. The summed E-state index contributed by atoms with van der Waals surface area (Å²) in [7, 11) is -2.14. The highest BCUT2D eigenvalue weighted by molar-refractivity contribution is 6.70. The molecule has 0 aliphatic carbocycles. The second-order valence-corrected chi connectivity index (χ2v) is 15.9. The molecule has 0 radical (unpaired) electrons. The first-order valence-corrected chi connectivity index (χ1v) is 14.1. The van der Waals surface area contributed by atoms with Crippen molar-refractivity contribution in [3.63, 3.8) is 0 Å². The van der Waals surface area contributed by atoms with Gasteiger partial charge in [0, 0.05) is 0 Å². The van der Waals surface area contributed by atoms with E-state index in [-0.39, 0.29) is 5.76 Å². The van der Waals surface area contributed by atoms with Crippen LogP contribution in [0.3, 0.4) is 0 Å². The van der Waals surface area contributed by atoms with E-state index in [1.54, 1.807) is 6.08 Å². The largest absolute Gasteiger partial charge is 0.544 e. The first kappa shape index (κ1) is 18.5. The van der Waals surface area contributed by atoms with Crippen LogP contribution >= 0.6 is 0 Å². The fourth-order valence-electron chi connectivity index (χ4n) is 1.70. The number of methoxy groups -OCH3 is 1. The molecular weight excluding hydrogens is 312 g/mol. The maximum Gasteiger partial charge on any atom is 0.371 e. The zero-order chi connectivity index (χ0) is 17.0. The summed E-state index contributed by atoms with van der Waals surface area (Å²) >= 11 is 0. The molecule has 0 unspecified atom stereocenters. The molecule has 22 heavy (non-hydrogen) atoms. The van der Waals surface area contributed by atoms with E-state index < -0.39 is 22.6 Å². The summed E-state index contributed by atoms with van der Waals surface area (Å²) in [5.41, 5.74) is 0.876. The monoisotopic (exact) mass is 338 g/mol. The van der Waals surface area contributed by atoms with Crippen LogP contribution in [0.15, 0.2) is 30.0 Å². The molecule has 0 heterocycles. The van der Waals surface area contributed by atoms with Gasteiger partial charge >= 0.3 is 5.97 Å². The average molecular weight is 339 g/mol. The molecule has 0 aliphatic rings. The number of esters is 1. The number of benzene rings is 1. The van der Waals surface area contributed by atoms with Gasteiger partial charge in [-0.3, -0.25) is 0 Å². The zero-order valence-corrected chi connectivity index (χ0v) is 16.5. The van der Waals surface area contributed by atoms with Crippen molar-refractivity contribution in [2.45, 2.75) is 39.3 Å². The highest BCUT2D eigenvalue weighted by atomic mass is 28.4. The minimum absolute atomic E-state index is 0.250. The normalized spacial score (nSPS) is 12.8. The fraction of sp³-hybridized carbons (Fsp3) is 0.438. The lowest BCUT2D eigenvalue weighted by molar-refractivity contribution is -0.138. The van der Waals surface area contributed by atoms with Crippen LogP contribution < -0.4 is 4.43 Å². The van der Waals surface area contributed by atoms with Crippen LogP contribution in [-0.2, 0) is 14.0 Å². The first-order chi connectivity index (χ1) is 10.00. The summed E-state index contributed by atoms with van der Waals surface area (Å²) in [5.74, 6) is 0.646. The van der Waals surface area contributed by atoms with Gasteiger partial charge in [0.15, 0.2) is 5.76 Å². The van der Waals surface area contributed by atoms with Crippen molar-refractivity contribution in [2.75, 3.05) is 7.11 Å². The second kappa shape index (κ2) is 7.15. The van der Waals surface area contributed by atoms with Gasteiger partial charge in [-0.25, -0.2) is 4.79 Å². The third-order valence-electron chi connectivity index (χ3n) is 2.40. The Hall–Kier alpha value is -1.54. The Morgan fingerprint density at radius 2 is 1.50 bits per heavy atom. The summed E-state index contributed by atoms with van der Waals surface area (Å²) in [6.07, 6.45) is 1.71. The molecule has 122 valence electrons. The Morgan fingerprint density at radius 3 is 1.91 bits per heavy atom. The fourth-order valence-corrected chi connectivity index (χ4v) is 3.34. The maximum atomic E-state index is 11.8. The Morgan fingerprint density at radius 1 is 0.955 bits per heavy atom. The zero-order valence-electron chi connectivity index (χ0n) is 14.5. The van der Waals surface area contributed by atoms with Crippen molar-refractivity contribution < 1.29 is 18.4 Å². The molecule has 0 amide bonds. The van der Waals surface area contributed by atoms with E-state index in [1.165, 1.54) is 7.11 Å². The summed E-state index contributed by atoms with van der Waals surface area (Å²) in [5, 5.41) is 0. The van der Waals surface area contributed by atoms with Gasteiger partial charge in [0.25, 0.3) is 0 Å². The average Bonchev–Trinajstić information content (AvgIpc) is 2.36. The molecule has 0 bridgehead atoms. The molecule has 6 heteroatoms. The van der Waals surface area contributed by atoms with E-state index in [2.05, 4.69) is 19.6 Å². The molecule has 4 nitrogen and oxygen atoms in total. The van der Waals surface area contributed by atoms with Crippen molar-refractivity contribution in [2.24, 2.45) is 0 Å². The van der Waals surface area contributed by atoms with Gasteiger partial charge < -0.3 is 13.6 Å². The Balaban J connectivity index is 2.98. The molecule has 0 atom stereocenters. The molecule has 1 rings (SSSR count). The molecule has 0 aliphatic heterocycles. The number of hydrogen-bond acceptors (Lipinski definition) is 4. The third kappa shape index (κ3) is 6.95. The predicted molar refractivity (Wildman–Crippen MR) is 94.8 cm³/mol. The summed E-state index contributed by atoms with van der Waals surface area (Å²) in [6.45, 7) is 12.5. The predicted octanol–water partition coefficient (Wildman–Crippen LogP) is 4.27. The van der Waals surface area contributed by atoms with E-state index in [1.807, 2.05) is 43.9 Å². The van der Waals surface area contributed by atoms with Crippen molar-refractivity contribution in [1.82, 2.24) is 0 Å². The van der Waals surface area contributed by atoms with Crippen LogP contribution in [0.1, 0.15) is 5.56 Å². The highest BCUT2D eigenvalue weighted by Crippen LogP contribution is 2.20. The molecule has 0 N–H and O–H groups in total. The summed E-state index contributed by atoms with van der Waals surface area (Å²) in [6, 6.07) is 7.64.